The maximum atomic E-state index is 8.70. The summed E-state index contributed by atoms with van der Waals surface area (Å²) in [7, 11) is 0. The number of hydrogen-bond donors (Lipinski definition) is 2. The average Bonchev–Trinajstić information content (AvgIpc) is 2.33. The number of anilines is 2. The van der Waals surface area contributed by atoms with E-state index < -0.39 is 0 Å². The molecule has 0 radical (unpaired) electrons. The first kappa shape index (κ1) is 10.5. The highest BCUT2D eigenvalue weighted by molar-refractivity contribution is 5.63. The van der Waals surface area contributed by atoms with Crippen molar-refractivity contribution < 1.29 is 0 Å². The van der Waals surface area contributed by atoms with Crippen molar-refractivity contribution in [1.29, 1.82) is 5.26 Å². The molecule has 2 rings (SSSR count). The van der Waals surface area contributed by atoms with Gasteiger partial charge >= 0.3 is 0 Å². The number of pyridine rings is 1. The van der Waals surface area contributed by atoms with E-state index in [9.17, 15) is 0 Å². The molecular formula is C12H14N4. The molecule has 4 nitrogen and oxygen atoms in total. The van der Waals surface area contributed by atoms with E-state index in [4.69, 9.17) is 11.0 Å². The minimum atomic E-state index is 0.396. The predicted molar refractivity (Wildman–Crippen MR) is 63.8 cm³/mol. The summed E-state index contributed by atoms with van der Waals surface area (Å²) in [6.07, 6.45) is 9.08. The van der Waals surface area contributed by atoms with Gasteiger partial charge < -0.3 is 11.1 Å². The van der Waals surface area contributed by atoms with Crippen LogP contribution >= 0.6 is 0 Å². The fraction of sp³-hybridized carbons (Fsp3) is 0.333. The van der Waals surface area contributed by atoms with Gasteiger partial charge in [-0.25, -0.2) is 4.98 Å². The van der Waals surface area contributed by atoms with Gasteiger partial charge in [0.1, 0.15) is 11.9 Å². The Kier molecular flexibility index (Phi) is 3.06. The maximum absolute atomic E-state index is 8.70. The topological polar surface area (TPSA) is 74.7 Å². The zero-order valence-corrected chi connectivity index (χ0v) is 8.98. The number of nitrogens with zero attached hydrogens (tertiary/aromatic N) is 2. The molecule has 1 heterocycles. The van der Waals surface area contributed by atoms with Crippen molar-refractivity contribution in [2.45, 2.75) is 25.3 Å². The van der Waals surface area contributed by atoms with Crippen molar-refractivity contribution in [3.8, 4) is 6.07 Å². The van der Waals surface area contributed by atoms with Crippen molar-refractivity contribution in [2.75, 3.05) is 11.1 Å². The molecule has 1 aliphatic carbocycles. The largest absolute Gasteiger partial charge is 0.396 e. The van der Waals surface area contributed by atoms with Crippen LogP contribution in [0.4, 0.5) is 11.5 Å². The van der Waals surface area contributed by atoms with E-state index in [1.807, 2.05) is 6.07 Å². The van der Waals surface area contributed by atoms with Crippen LogP contribution < -0.4 is 11.1 Å². The number of nitrogen functional groups attached to an aromatic ring is 1. The Bertz CT molecular complexity index is 445. The zero-order chi connectivity index (χ0) is 11.4. The van der Waals surface area contributed by atoms with E-state index in [-0.39, 0.29) is 0 Å². The number of hydrogen-bond acceptors (Lipinski definition) is 4. The van der Waals surface area contributed by atoms with Crippen LogP contribution in [-0.4, -0.2) is 11.0 Å². The summed E-state index contributed by atoms with van der Waals surface area (Å²) < 4.78 is 0. The summed E-state index contributed by atoms with van der Waals surface area (Å²) in [6, 6.07) is 4.06. The third-order valence-electron chi connectivity index (χ3n) is 2.66. The van der Waals surface area contributed by atoms with Gasteiger partial charge in [-0.05, 0) is 25.3 Å². The number of nitrogens with one attached hydrogen (secondary N) is 1. The van der Waals surface area contributed by atoms with Crippen molar-refractivity contribution in [2.24, 2.45) is 0 Å². The minimum Gasteiger partial charge on any atom is -0.396 e. The van der Waals surface area contributed by atoms with Crippen LogP contribution in [0.2, 0.25) is 0 Å². The van der Waals surface area contributed by atoms with Gasteiger partial charge in [0.25, 0.3) is 0 Å². The van der Waals surface area contributed by atoms with Gasteiger partial charge in [0.05, 0.1) is 11.3 Å². The first-order valence-corrected chi connectivity index (χ1v) is 5.37. The van der Waals surface area contributed by atoms with Crippen LogP contribution in [0.3, 0.4) is 0 Å². The molecule has 1 aliphatic rings. The first-order valence-electron chi connectivity index (χ1n) is 5.37. The Labute approximate surface area is 94.8 Å². The SMILES string of the molecule is N#Cc1cnc(NC2CC=CCC2)c(N)c1. The van der Waals surface area contributed by atoms with E-state index >= 15 is 0 Å². The quantitative estimate of drug-likeness (QED) is 0.739. The van der Waals surface area contributed by atoms with Crippen LogP contribution in [0.25, 0.3) is 0 Å². The number of nitrogens with two attached hydrogens (primary N) is 1. The molecule has 16 heavy (non-hydrogen) atoms. The van der Waals surface area contributed by atoms with Crippen LogP contribution in [0.1, 0.15) is 24.8 Å². The standard InChI is InChI=1S/C12H14N4/c13-7-9-6-11(14)12(15-8-9)16-10-4-2-1-3-5-10/h1-2,6,8,10H,3-5,14H2,(H,15,16). The Morgan fingerprint density at radius 2 is 2.38 bits per heavy atom. The average molecular weight is 214 g/mol. The molecule has 0 amide bonds. The van der Waals surface area contributed by atoms with Gasteiger partial charge in [-0.2, -0.15) is 5.26 Å². The molecule has 0 fully saturated rings. The normalized spacial score (nSPS) is 19.1. The van der Waals surface area contributed by atoms with Gasteiger partial charge in [0, 0.05) is 12.2 Å². The molecule has 0 aliphatic heterocycles. The lowest BCUT2D eigenvalue weighted by molar-refractivity contribution is 0.642. The molecule has 0 saturated carbocycles. The van der Waals surface area contributed by atoms with Crippen LogP contribution in [0, 0.1) is 11.3 Å². The molecule has 1 aromatic heterocycles. The highest BCUT2D eigenvalue weighted by atomic mass is 15.0. The van der Waals surface area contributed by atoms with Crippen molar-refractivity contribution >= 4 is 11.5 Å². The molecular weight excluding hydrogens is 200 g/mol. The fourth-order valence-corrected chi connectivity index (χ4v) is 1.78. The molecule has 1 atom stereocenters. The Morgan fingerprint density at radius 1 is 1.50 bits per heavy atom. The van der Waals surface area contributed by atoms with E-state index in [1.165, 1.54) is 6.20 Å². The zero-order valence-electron chi connectivity index (χ0n) is 8.98. The highest BCUT2D eigenvalue weighted by Crippen LogP contribution is 2.21. The second kappa shape index (κ2) is 4.67. The summed E-state index contributed by atoms with van der Waals surface area (Å²) in [5, 5.41) is 12.0. The summed E-state index contributed by atoms with van der Waals surface area (Å²) in [6.45, 7) is 0. The lowest BCUT2D eigenvalue weighted by Crippen LogP contribution is -2.21. The summed E-state index contributed by atoms with van der Waals surface area (Å²) in [5.74, 6) is 0.680. The summed E-state index contributed by atoms with van der Waals surface area (Å²) in [5.41, 5.74) is 6.85. The fourth-order valence-electron chi connectivity index (χ4n) is 1.78. The smallest absolute Gasteiger partial charge is 0.149 e. The number of allylic oxidation sites excluding steroid dienone is 1. The predicted octanol–water partition coefficient (Wildman–Crippen LogP) is 2.06. The van der Waals surface area contributed by atoms with E-state index in [0.29, 0.717) is 23.1 Å². The number of aromatic nitrogens is 1. The molecule has 1 unspecified atom stereocenters. The second-order valence-electron chi connectivity index (χ2n) is 3.90. The number of rotatable bonds is 2. The summed E-state index contributed by atoms with van der Waals surface area (Å²) in [4.78, 5) is 4.16. The van der Waals surface area contributed by atoms with Crippen molar-refractivity contribution in [1.82, 2.24) is 4.98 Å². The highest BCUT2D eigenvalue weighted by Gasteiger charge is 2.11. The minimum absolute atomic E-state index is 0.396. The first-order chi connectivity index (χ1) is 7.79. The Hall–Kier alpha value is -2.02. The maximum Gasteiger partial charge on any atom is 0.149 e. The molecule has 0 bridgehead atoms. The molecule has 1 aromatic rings. The molecule has 0 aromatic carbocycles. The summed E-state index contributed by atoms with van der Waals surface area (Å²) >= 11 is 0. The van der Waals surface area contributed by atoms with Gasteiger partial charge in [-0.3, -0.25) is 0 Å². The number of nitriles is 1. The molecule has 0 spiro atoms. The lowest BCUT2D eigenvalue weighted by atomic mass is 10.0. The molecule has 0 saturated heterocycles. The Morgan fingerprint density at radius 3 is 3.00 bits per heavy atom. The van der Waals surface area contributed by atoms with Gasteiger partial charge in [-0.1, -0.05) is 12.2 Å². The van der Waals surface area contributed by atoms with Gasteiger partial charge in [-0.15, -0.1) is 0 Å². The van der Waals surface area contributed by atoms with Gasteiger partial charge in [0.15, 0.2) is 0 Å². The molecule has 4 heteroatoms. The van der Waals surface area contributed by atoms with Crippen molar-refractivity contribution in [3.63, 3.8) is 0 Å². The monoisotopic (exact) mass is 214 g/mol. The third kappa shape index (κ3) is 2.31. The third-order valence-corrected chi connectivity index (χ3v) is 2.66. The van der Waals surface area contributed by atoms with Crippen molar-refractivity contribution in [3.05, 3.63) is 30.0 Å². The van der Waals surface area contributed by atoms with Crippen LogP contribution in [-0.2, 0) is 0 Å². The van der Waals surface area contributed by atoms with Crippen LogP contribution in [0.5, 0.6) is 0 Å². The van der Waals surface area contributed by atoms with E-state index in [1.54, 1.807) is 6.07 Å². The molecule has 82 valence electrons. The van der Waals surface area contributed by atoms with Crippen LogP contribution in [0.15, 0.2) is 24.4 Å². The second-order valence-corrected chi connectivity index (χ2v) is 3.90. The Balaban J connectivity index is 2.10. The lowest BCUT2D eigenvalue weighted by Gasteiger charge is -2.20. The molecule has 3 N–H and O–H groups in total. The van der Waals surface area contributed by atoms with E-state index in [2.05, 4.69) is 22.5 Å². The van der Waals surface area contributed by atoms with E-state index in [0.717, 1.165) is 19.3 Å². The van der Waals surface area contributed by atoms with Gasteiger partial charge in [0.2, 0.25) is 0 Å².